The lowest BCUT2D eigenvalue weighted by Crippen LogP contribution is -2.31. The minimum absolute atomic E-state index is 0.0333. The Labute approximate surface area is 139 Å². The van der Waals surface area contributed by atoms with E-state index in [1.807, 2.05) is 13.8 Å². The average Bonchev–Trinajstić information content (AvgIpc) is 2.35. The molecule has 0 fully saturated rings. The molecular formula is C15H16Cl2N4O. The Morgan fingerprint density at radius 3 is 2.32 bits per heavy atom. The predicted octanol–water partition coefficient (Wildman–Crippen LogP) is 3.97. The smallest absolute Gasteiger partial charge is 0.270 e. The maximum absolute atomic E-state index is 12.0. The zero-order valence-corrected chi connectivity index (χ0v) is 14.0. The molecule has 1 heterocycles. The van der Waals surface area contributed by atoms with Gasteiger partial charge in [0.25, 0.3) is 5.91 Å². The van der Waals surface area contributed by atoms with E-state index in [0.717, 1.165) is 0 Å². The van der Waals surface area contributed by atoms with Crippen LogP contribution in [0.3, 0.4) is 0 Å². The molecule has 0 bridgehead atoms. The summed E-state index contributed by atoms with van der Waals surface area (Å²) in [5.41, 5.74) is 1.63. The van der Waals surface area contributed by atoms with Gasteiger partial charge in [-0.3, -0.25) is 4.79 Å². The number of hydrogen-bond acceptors (Lipinski definition) is 4. The second-order valence-electron chi connectivity index (χ2n) is 5.13. The third-order valence-electron chi connectivity index (χ3n) is 2.63. The zero-order chi connectivity index (χ0) is 16.3. The third kappa shape index (κ3) is 4.58. The van der Waals surface area contributed by atoms with Gasteiger partial charge in [0.2, 0.25) is 5.95 Å². The highest BCUT2D eigenvalue weighted by Gasteiger charge is 2.12. The van der Waals surface area contributed by atoms with Gasteiger partial charge in [-0.2, -0.15) is 0 Å². The first kappa shape index (κ1) is 16.5. The van der Waals surface area contributed by atoms with Gasteiger partial charge in [-0.1, -0.05) is 23.2 Å². The van der Waals surface area contributed by atoms with E-state index in [9.17, 15) is 4.79 Å². The van der Waals surface area contributed by atoms with Crippen molar-refractivity contribution in [2.24, 2.45) is 0 Å². The fraction of sp³-hybridized carbons (Fsp3) is 0.267. The topological polar surface area (TPSA) is 66.9 Å². The highest BCUT2D eigenvalue weighted by molar-refractivity contribution is 6.35. The number of amides is 1. The van der Waals surface area contributed by atoms with E-state index in [-0.39, 0.29) is 11.9 Å². The predicted molar refractivity (Wildman–Crippen MR) is 89.1 cm³/mol. The first-order valence-electron chi connectivity index (χ1n) is 6.73. The molecule has 1 aromatic heterocycles. The lowest BCUT2D eigenvalue weighted by Gasteiger charge is -2.11. The molecule has 7 heteroatoms. The number of nitrogens with zero attached hydrogens (tertiary/aromatic N) is 2. The van der Waals surface area contributed by atoms with Gasteiger partial charge in [-0.25, -0.2) is 9.97 Å². The standard InChI is InChI=1S/C15H16Cl2N4O/c1-8(2)18-14(22)13-4-9(3)19-15(21-13)20-12-6-10(16)5-11(17)7-12/h4-8H,1-3H3,(H,18,22)(H,19,20,21). The third-order valence-corrected chi connectivity index (χ3v) is 3.06. The van der Waals surface area contributed by atoms with Crippen LogP contribution in [0, 0.1) is 6.92 Å². The number of anilines is 2. The molecule has 0 spiro atoms. The maximum atomic E-state index is 12.0. The van der Waals surface area contributed by atoms with Crippen molar-refractivity contribution < 1.29 is 4.79 Å². The van der Waals surface area contributed by atoms with Crippen LogP contribution in [0.4, 0.5) is 11.6 Å². The van der Waals surface area contributed by atoms with Crippen LogP contribution in [-0.2, 0) is 0 Å². The van der Waals surface area contributed by atoms with Gasteiger partial charge in [0.1, 0.15) is 5.69 Å². The molecule has 2 N–H and O–H groups in total. The van der Waals surface area contributed by atoms with Crippen molar-refractivity contribution >= 4 is 40.7 Å². The Kier molecular flexibility index (Phi) is 5.21. The van der Waals surface area contributed by atoms with E-state index in [2.05, 4.69) is 20.6 Å². The van der Waals surface area contributed by atoms with Crippen molar-refractivity contribution in [2.45, 2.75) is 26.8 Å². The molecule has 0 radical (unpaired) electrons. The number of aromatic nitrogens is 2. The van der Waals surface area contributed by atoms with Gasteiger partial charge in [-0.15, -0.1) is 0 Å². The molecule has 2 aromatic rings. The number of nitrogens with one attached hydrogen (secondary N) is 2. The van der Waals surface area contributed by atoms with E-state index in [1.165, 1.54) is 0 Å². The highest BCUT2D eigenvalue weighted by Crippen LogP contribution is 2.24. The number of aryl methyl sites for hydroxylation is 1. The summed E-state index contributed by atoms with van der Waals surface area (Å²) in [6.07, 6.45) is 0. The monoisotopic (exact) mass is 338 g/mol. The summed E-state index contributed by atoms with van der Waals surface area (Å²) < 4.78 is 0. The van der Waals surface area contributed by atoms with E-state index in [4.69, 9.17) is 23.2 Å². The molecule has 5 nitrogen and oxygen atoms in total. The summed E-state index contributed by atoms with van der Waals surface area (Å²) in [7, 11) is 0. The molecule has 1 aromatic carbocycles. The minimum Gasteiger partial charge on any atom is -0.349 e. The second kappa shape index (κ2) is 6.94. The summed E-state index contributed by atoms with van der Waals surface area (Å²) in [6, 6.07) is 6.70. The number of hydrogen-bond donors (Lipinski definition) is 2. The van der Waals surface area contributed by atoms with Crippen molar-refractivity contribution in [3.63, 3.8) is 0 Å². The van der Waals surface area contributed by atoms with Gasteiger partial charge in [0, 0.05) is 27.5 Å². The summed E-state index contributed by atoms with van der Waals surface area (Å²) in [5, 5.41) is 6.80. The summed E-state index contributed by atoms with van der Waals surface area (Å²) in [6.45, 7) is 5.57. The normalized spacial score (nSPS) is 10.6. The van der Waals surface area contributed by atoms with E-state index in [1.54, 1.807) is 31.2 Å². The Balaban J connectivity index is 2.28. The first-order chi connectivity index (χ1) is 10.3. The molecule has 0 aliphatic rings. The van der Waals surface area contributed by atoms with Crippen molar-refractivity contribution in [1.82, 2.24) is 15.3 Å². The van der Waals surface area contributed by atoms with Crippen LogP contribution >= 0.6 is 23.2 Å². The van der Waals surface area contributed by atoms with Crippen LogP contribution in [0.5, 0.6) is 0 Å². The Bertz CT molecular complexity index is 684. The minimum atomic E-state index is -0.243. The van der Waals surface area contributed by atoms with Crippen LogP contribution in [0.2, 0.25) is 10.0 Å². The van der Waals surface area contributed by atoms with E-state index >= 15 is 0 Å². The lowest BCUT2D eigenvalue weighted by molar-refractivity contribution is 0.0938. The average molecular weight is 339 g/mol. The maximum Gasteiger partial charge on any atom is 0.270 e. The SMILES string of the molecule is Cc1cc(C(=O)NC(C)C)nc(Nc2cc(Cl)cc(Cl)c2)n1. The van der Waals surface area contributed by atoms with Crippen LogP contribution in [0.25, 0.3) is 0 Å². The van der Waals surface area contributed by atoms with Gasteiger partial charge in [0.05, 0.1) is 0 Å². The van der Waals surface area contributed by atoms with E-state index < -0.39 is 0 Å². The number of carbonyl (C=O) groups is 1. The fourth-order valence-corrected chi connectivity index (χ4v) is 2.36. The summed E-state index contributed by atoms with van der Waals surface area (Å²) in [5.74, 6) is 0.0694. The van der Waals surface area contributed by atoms with Crippen molar-refractivity contribution in [3.8, 4) is 0 Å². The second-order valence-corrected chi connectivity index (χ2v) is 6.00. The molecule has 0 saturated carbocycles. The number of halogens is 2. The van der Waals surface area contributed by atoms with Crippen molar-refractivity contribution in [2.75, 3.05) is 5.32 Å². The lowest BCUT2D eigenvalue weighted by atomic mass is 10.3. The quantitative estimate of drug-likeness (QED) is 0.884. The number of carbonyl (C=O) groups excluding carboxylic acids is 1. The molecule has 0 saturated heterocycles. The number of rotatable bonds is 4. The Hall–Kier alpha value is -1.85. The molecule has 0 atom stereocenters. The van der Waals surface area contributed by atoms with Gasteiger partial charge < -0.3 is 10.6 Å². The molecule has 22 heavy (non-hydrogen) atoms. The molecule has 0 aliphatic heterocycles. The summed E-state index contributed by atoms with van der Waals surface area (Å²) >= 11 is 11.9. The molecule has 116 valence electrons. The van der Waals surface area contributed by atoms with Crippen LogP contribution in [0.15, 0.2) is 24.3 Å². The first-order valence-corrected chi connectivity index (χ1v) is 7.49. The van der Waals surface area contributed by atoms with Crippen LogP contribution in [-0.4, -0.2) is 21.9 Å². The Morgan fingerprint density at radius 2 is 1.73 bits per heavy atom. The molecule has 1 amide bonds. The van der Waals surface area contributed by atoms with Crippen LogP contribution < -0.4 is 10.6 Å². The Morgan fingerprint density at radius 1 is 1.09 bits per heavy atom. The summed E-state index contributed by atoms with van der Waals surface area (Å²) in [4.78, 5) is 20.5. The highest BCUT2D eigenvalue weighted by atomic mass is 35.5. The van der Waals surface area contributed by atoms with Crippen molar-refractivity contribution in [1.29, 1.82) is 0 Å². The number of benzene rings is 1. The van der Waals surface area contributed by atoms with Crippen molar-refractivity contribution in [3.05, 3.63) is 45.7 Å². The van der Waals surface area contributed by atoms with E-state index in [0.29, 0.717) is 33.1 Å². The molecule has 0 aliphatic carbocycles. The molecular weight excluding hydrogens is 323 g/mol. The zero-order valence-electron chi connectivity index (χ0n) is 12.4. The largest absolute Gasteiger partial charge is 0.349 e. The molecule has 2 rings (SSSR count). The fourth-order valence-electron chi connectivity index (χ4n) is 1.83. The van der Waals surface area contributed by atoms with Gasteiger partial charge in [0.15, 0.2) is 0 Å². The van der Waals surface area contributed by atoms with Crippen LogP contribution in [0.1, 0.15) is 30.0 Å². The molecule has 0 unspecified atom stereocenters. The van der Waals surface area contributed by atoms with Gasteiger partial charge in [-0.05, 0) is 45.0 Å². The van der Waals surface area contributed by atoms with Gasteiger partial charge >= 0.3 is 0 Å².